The van der Waals surface area contributed by atoms with Crippen LogP contribution in [0, 0.1) is 10.1 Å². The molecule has 16 heavy (non-hydrogen) atoms. The van der Waals surface area contributed by atoms with Gasteiger partial charge in [0.15, 0.2) is 0 Å². The molecule has 0 spiro atoms. The summed E-state index contributed by atoms with van der Waals surface area (Å²) in [5, 5.41) is 19.9. The van der Waals surface area contributed by atoms with Crippen LogP contribution in [-0.2, 0) is 0 Å². The predicted octanol–water partition coefficient (Wildman–Crippen LogP) is 0.863. The number of carbonyl (C=O) groups excluding carboxylic acids is 1. The molecule has 1 aliphatic rings. The normalized spacial score (nSPS) is 18.0. The average molecular weight is 242 g/mol. The summed E-state index contributed by atoms with van der Waals surface area (Å²) in [6.07, 6.45) is 0. The average Bonchev–Trinajstić information content (AvgIpc) is 2.61. The number of thiophene rings is 1. The van der Waals surface area contributed by atoms with Crippen LogP contribution in [0.25, 0.3) is 0 Å². The Kier molecular flexibility index (Phi) is 2.43. The molecule has 6 nitrogen and oxygen atoms in total. The number of hydrogen-bond donors (Lipinski definition) is 1. The van der Waals surface area contributed by atoms with Gasteiger partial charge >= 0.3 is 5.00 Å². The Morgan fingerprint density at radius 3 is 2.69 bits per heavy atom. The van der Waals surface area contributed by atoms with Crippen LogP contribution in [0.5, 0.6) is 0 Å². The van der Waals surface area contributed by atoms with Gasteiger partial charge in [-0.25, -0.2) is 0 Å². The highest BCUT2D eigenvalue weighted by Gasteiger charge is 2.40. The summed E-state index contributed by atoms with van der Waals surface area (Å²) in [5.41, 5.74) is -0.821. The van der Waals surface area contributed by atoms with E-state index in [-0.39, 0.29) is 24.0 Å². The Morgan fingerprint density at radius 1 is 1.62 bits per heavy atom. The highest BCUT2D eigenvalue weighted by molar-refractivity contribution is 7.17. The van der Waals surface area contributed by atoms with Crippen molar-refractivity contribution in [3.8, 4) is 0 Å². The van der Waals surface area contributed by atoms with Crippen molar-refractivity contribution in [3.05, 3.63) is 27.1 Å². The lowest BCUT2D eigenvalue weighted by atomic mass is 9.97. The molecule has 2 rings (SSSR count). The van der Waals surface area contributed by atoms with E-state index in [4.69, 9.17) is 0 Å². The molecule has 0 bridgehead atoms. The van der Waals surface area contributed by atoms with Crippen LogP contribution in [-0.4, -0.2) is 39.5 Å². The summed E-state index contributed by atoms with van der Waals surface area (Å²) >= 11 is 0.855. The van der Waals surface area contributed by atoms with Gasteiger partial charge in [-0.1, -0.05) is 11.3 Å². The molecule has 0 unspecified atom stereocenters. The van der Waals surface area contributed by atoms with Crippen LogP contribution in [0.2, 0.25) is 0 Å². The van der Waals surface area contributed by atoms with Gasteiger partial charge in [0.1, 0.15) is 0 Å². The van der Waals surface area contributed by atoms with Crippen molar-refractivity contribution in [1.29, 1.82) is 0 Å². The van der Waals surface area contributed by atoms with Gasteiger partial charge in [0.05, 0.1) is 28.5 Å². The Hall–Kier alpha value is -1.47. The molecule has 1 aromatic rings. The molecule has 1 aromatic heterocycles. The topological polar surface area (TPSA) is 83.7 Å². The van der Waals surface area contributed by atoms with Gasteiger partial charge < -0.3 is 10.0 Å². The maximum atomic E-state index is 11.8. The lowest BCUT2D eigenvalue weighted by Crippen LogP contribution is -2.61. The first-order valence-corrected chi connectivity index (χ1v) is 5.47. The van der Waals surface area contributed by atoms with Gasteiger partial charge in [0, 0.05) is 6.07 Å². The lowest BCUT2D eigenvalue weighted by molar-refractivity contribution is -0.380. The van der Waals surface area contributed by atoms with Crippen LogP contribution in [0.3, 0.4) is 0 Å². The molecule has 2 heterocycles. The van der Waals surface area contributed by atoms with Crippen molar-refractivity contribution < 1.29 is 14.8 Å². The highest BCUT2D eigenvalue weighted by atomic mass is 32.1. The van der Waals surface area contributed by atoms with E-state index < -0.39 is 10.5 Å². The third kappa shape index (κ3) is 1.91. The third-order valence-electron chi connectivity index (χ3n) is 2.33. The van der Waals surface area contributed by atoms with Crippen LogP contribution in [0.1, 0.15) is 16.6 Å². The van der Waals surface area contributed by atoms with Gasteiger partial charge in [-0.3, -0.25) is 14.9 Å². The molecule has 0 atom stereocenters. The summed E-state index contributed by atoms with van der Waals surface area (Å²) in [6.45, 7) is 2.20. The molecule has 1 saturated heterocycles. The molecular weight excluding hydrogens is 232 g/mol. The SMILES string of the molecule is CC1(O)CN(C(=O)c2ccc([N+](=O)[O-])s2)C1. The van der Waals surface area contributed by atoms with Gasteiger partial charge in [0.25, 0.3) is 5.91 Å². The van der Waals surface area contributed by atoms with Crippen molar-refractivity contribution in [1.82, 2.24) is 4.90 Å². The van der Waals surface area contributed by atoms with Crippen molar-refractivity contribution in [3.63, 3.8) is 0 Å². The van der Waals surface area contributed by atoms with E-state index in [0.717, 1.165) is 11.3 Å². The number of likely N-dealkylation sites (tertiary alicyclic amines) is 1. The fourth-order valence-electron chi connectivity index (χ4n) is 1.62. The molecule has 1 fully saturated rings. The number of nitro groups is 1. The molecule has 7 heteroatoms. The Balaban J connectivity index is 2.08. The molecule has 1 aliphatic heterocycles. The Bertz CT molecular complexity index is 446. The van der Waals surface area contributed by atoms with E-state index >= 15 is 0 Å². The molecule has 1 N–H and O–H groups in total. The third-order valence-corrected chi connectivity index (χ3v) is 3.36. The van der Waals surface area contributed by atoms with Gasteiger partial charge in [-0.15, -0.1) is 0 Å². The maximum absolute atomic E-state index is 11.8. The number of β-amino-alcohol motifs (C(OH)–C–C–N with tert-alkyl or cyclic N) is 1. The summed E-state index contributed by atoms with van der Waals surface area (Å²) < 4.78 is 0. The van der Waals surface area contributed by atoms with Crippen molar-refractivity contribution >= 4 is 22.2 Å². The standard InChI is InChI=1S/C9H10N2O4S/c1-9(13)4-10(5-9)8(12)6-2-3-7(16-6)11(14)15/h2-3,13H,4-5H2,1H3. The van der Waals surface area contributed by atoms with E-state index in [2.05, 4.69) is 0 Å². The van der Waals surface area contributed by atoms with Gasteiger partial charge in [-0.05, 0) is 13.0 Å². The minimum atomic E-state index is -0.821. The van der Waals surface area contributed by atoms with Crippen molar-refractivity contribution in [2.45, 2.75) is 12.5 Å². The smallest absolute Gasteiger partial charge is 0.324 e. The van der Waals surface area contributed by atoms with E-state index in [9.17, 15) is 20.0 Å². The fraction of sp³-hybridized carbons (Fsp3) is 0.444. The second kappa shape index (κ2) is 3.53. The maximum Gasteiger partial charge on any atom is 0.324 e. The Labute approximate surface area is 95.3 Å². The summed E-state index contributed by atoms with van der Waals surface area (Å²) in [6, 6.07) is 2.76. The van der Waals surface area contributed by atoms with Gasteiger partial charge in [-0.2, -0.15) is 0 Å². The van der Waals surface area contributed by atoms with E-state index in [0.29, 0.717) is 4.88 Å². The molecule has 1 amide bonds. The quantitative estimate of drug-likeness (QED) is 0.616. The number of rotatable bonds is 2. The lowest BCUT2D eigenvalue weighted by Gasteiger charge is -2.43. The minimum absolute atomic E-state index is 0.0457. The number of nitrogens with zero attached hydrogens (tertiary/aromatic N) is 2. The predicted molar refractivity (Wildman–Crippen MR) is 57.5 cm³/mol. The number of aliphatic hydroxyl groups is 1. The number of hydrogen-bond acceptors (Lipinski definition) is 5. The van der Waals surface area contributed by atoms with E-state index in [1.165, 1.54) is 17.0 Å². The minimum Gasteiger partial charge on any atom is -0.386 e. The first-order chi connectivity index (χ1) is 7.39. The number of carbonyl (C=O) groups is 1. The second-order valence-corrected chi connectivity index (χ2v) is 5.12. The summed E-state index contributed by atoms with van der Waals surface area (Å²) in [4.78, 5) is 23.5. The van der Waals surface area contributed by atoms with Crippen LogP contribution in [0.4, 0.5) is 5.00 Å². The monoisotopic (exact) mass is 242 g/mol. The summed E-state index contributed by atoms with van der Waals surface area (Å²) in [5.74, 6) is -0.260. The zero-order chi connectivity index (χ0) is 11.9. The summed E-state index contributed by atoms with van der Waals surface area (Å²) in [7, 11) is 0. The first kappa shape index (κ1) is 11.0. The molecule has 0 radical (unpaired) electrons. The van der Waals surface area contributed by atoms with Crippen LogP contribution in [0.15, 0.2) is 12.1 Å². The van der Waals surface area contributed by atoms with Crippen molar-refractivity contribution in [2.75, 3.05) is 13.1 Å². The highest BCUT2D eigenvalue weighted by Crippen LogP contribution is 2.28. The first-order valence-electron chi connectivity index (χ1n) is 4.65. The molecule has 0 aliphatic carbocycles. The van der Waals surface area contributed by atoms with Crippen LogP contribution < -0.4 is 0 Å². The zero-order valence-corrected chi connectivity index (χ0v) is 9.36. The largest absolute Gasteiger partial charge is 0.386 e. The van der Waals surface area contributed by atoms with E-state index in [1.807, 2.05) is 0 Å². The Morgan fingerprint density at radius 2 is 2.25 bits per heavy atom. The second-order valence-electron chi connectivity index (χ2n) is 4.05. The molecule has 0 aromatic carbocycles. The van der Waals surface area contributed by atoms with Gasteiger partial charge in [0.2, 0.25) is 0 Å². The zero-order valence-electron chi connectivity index (χ0n) is 8.54. The fourth-order valence-corrected chi connectivity index (χ4v) is 2.40. The van der Waals surface area contributed by atoms with Crippen LogP contribution >= 0.6 is 11.3 Å². The molecule has 86 valence electrons. The molecular formula is C9H10N2O4S. The van der Waals surface area contributed by atoms with Crippen molar-refractivity contribution in [2.24, 2.45) is 0 Å². The number of amides is 1. The molecule has 0 saturated carbocycles. The van der Waals surface area contributed by atoms with E-state index in [1.54, 1.807) is 6.92 Å².